The Balaban J connectivity index is 1.13. The first-order chi connectivity index (χ1) is 22.7. The van der Waals surface area contributed by atoms with Gasteiger partial charge in [0.05, 0.1) is 0 Å². The maximum atomic E-state index is 12.8. The van der Waals surface area contributed by atoms with Gasteiger partial charge < -0.3 is 4.74 Å². The van der Waals surface area contributed by atoms with E-state index in [-0.39, 0.29) is 12.1 Å². The van der Waals surface area contributed by atoms with E-state index in [4.69, 9.17) is 4.74 Å². The Morgan fingerprint density at radius 2 is 1.55 bits per heavy atom. The van der Waals surface area contributed by atoms with Crippen LogP contribution in [0.5, 0.6) is 0 Å². The fourth-order valence-corrected chi connectivity index (χ4v) is 11.1. The first-order valence-electron chi connectivity index (χ1n) is 20.9. The summed E-state index contributed by atoms with van der Waals surface area (Å²) in [5, 5.41) is 0. The summed E-state index contributed by atoms with van der Waals surface area (Å²) < 4.78 is 6.12. The van der Waals surface area contributed by atoms with Crippen LogP contribution in [0, 0.1) is 46.3 Å². The lowest BCUT2D eigenvalue weighted by atomic mass is 9.47. The van der Waals surface area contributed by atoms with E-state index in [1.165, 1.54) is 109 Å². The smallest absolute Gasteiger partial charge is 0.306 e. The van der Waals surface area contributed by atoms with Gasteiger partial charge in [-0.3, -0.25) is 4.79 Å². The predicted molar refractivity (Wildman–Crippen MR) is 202 cm³/mol. The minimum absolute atomic E-state index is 0.0477. The van der Waals surface area contributed by atoms with Crippen LogP contribution in [0.1, 0.15) is 189 Å². The summed E-state index contributed by atoms with van der Waals surface area (Å²) in [6.07, 6.45) is 40.5. The van der Waals surface area contributed by atoms with Crippen LogP contribution in [0.4, 0.5) is 0 Å². The molecule has 0 heterocycles. The molecule has 47 heavy (non-hydrogen) atoms. The van der Waals surface area contributed by atoms with Crippen molar-refractivity contribution in [3.8, 4) is 0 Å². The summed E-state index contributed by atoms with van der Waals surface area (Å²) in [4.78, 5) is 12.8. The van der Waals surface area contributed by atoms with E-state index in [9.17, 15) is 4.79 Å². The minimum Gasteiger partial charge on any atom is -0.462 e. The van der Waals surface area contributed by atoms with Crippen molar-refractivity contribution in [2.45, 2.75) is 195 Å². The lowest BCUT2D eigenvalue weighted by molar-refractivity contribution is -0.151. The minimum atomic E-state index is 0.0477. The second-order valence-corrected chi connectivity index (χ2v) is 17.6. The molecule has 4 rings (SSSR count). The number of carbonyl (C=O) groups is 1. The highest BCUT2D eigenvalue weighted by Gasteiger charge is 2.59. The molecule has 0 aromatic heterocycles. The second-order valence-electron chi connectivity index (χ2n) is 17.6. The van der Waals surface area contributed by atoms with Crippen molar-refractivity contribution in [1.82, 2.24) is 0 Å². The van der Waals surface area contributed by atoms with Crippen LogP contribution >= 0.6 is 0 Å². The van der Waals surface area contributed by atoms with Crippen LogP contribution in [0.3, 0.4) is 0 Å². The van der Waals surface area contributed by atoms with E-state index in [1.807, 2.05) is 0 Å². The Hall–Kier alpha value is -1.31. The van der Waals surface area contributed by atoms with Crippen LogP contribution in [0.15, 0.2) is 36.0 Å². The third-order valence-corrected chi connectivity index (χ3v) is 13.9. The number of unbranched alkanes of at least 4 members (excludes halogenated alkanes) is 8. The van der Waals surface area contributed by atoms with E-state index in [1.54, 1.807) is 5.57 Å². The molecule has 8 atom stereocenters. The number of rotatable bonds is 20. The molecule has 0 radical (unpaired) electrons. The van der Waals surface area contributed by atoms with Crippen molar-refractivity contribution in [2.24, 2.45) is 46.3 Å². The van der Waals surface area contributed by atoms with E-state index in [0.717, 1.165) is 67.6 Å². The number of carbonyl (C=O) groups excluding carboxylic acids is 1. The Morgan fingerprint density at radius 3 is 2.30 bits per heavy atom. The average molecular weight is 649 g/mol. The fourth-order valence-electron chi connectivity index (χ4n) is 11.1. The van der Waals surface area contributed by atoms with E-state index in [0.29, 0.717) is 17.3 Å². The van der Waals surface area contributed by atoms with Crippen LogP contribution in [-0.4, -0.2) is 12.1 Å². The van der Waals surface area contributed by atoms with E-state index >= 15 is 0 Å². The zero-order valence-corrected chi connectivity index (χ0v) is 32.0. The number of hydrogen-bond acceptors (Lipinski definition) is 2. The molecule has 0 saturated heterocycles. The maximum absolute atomic E-state index is 12.8. The van der Waals surface area contributed by atoms with Gasteiger partial charge in [-0.05, 0) is 130 Å². The zero-order chi connectivity index (χ0) is 33.7. The quantitative estimate of drug-likeness (QED) is 0.0746. The van der Waals surface area contributed by atoms with Gasteiger partial charge in [-0.2, -0.15) is 0 Å². The van der Waals surface area contributed by atoms with Gasteiger partial charge in [0, 0.05) is 12.8 Å². The Labute approximate surface area is 292 Å². The summed E-state index contributed by atoms with van der Waals surface area (Å²) >= 11 is 0. The molecule has 268 valence electrons. The Morgan fingerprint density at radius 1 is 0.830 bits per heavy atom. The standard InChI is InChI=1S/C45H76O2/c1-7-8-9-10-11-12-13-14-15-16-17-18-19-20-21-25-43(46)47-38-30-32-44(5)37(34-38)26-27-39-41-29-28-40(36(4)24-22-23-35(2)3)45(41,6)33-31-42(39)44/h11-12,14-15,26,35-36,38-42H,7-10,13,16-25,27-34H2,1-6H3/t36-,38+,39+,40-,41+,42-,44+,45-/m1/s1. The van der Waals surface area contributed by atoms with Gasteiger partial charge in [0.15, 0.2) is 0 Å². The van der Waals surface area contributed by atoms with Crippen molar-refractivity contribution in [1.29, 1.82) is 0 Å². The number of allylic oxidation sites excluding steroid dienone is 5. The monoisotopic (exact) mass is 649 g/mol. The number of ether oxygens (including phenoxy) is 1. The molecule has 0 unspecified atom stereocenters. The normalized spacial score (nSPS) is 32.7. The maximum Gasteiger partial charge on any atom is 0.306 e. The van der Waals surface area contributed by atoms with Crippen molar-refractivity contribution in [2.75, 3.05) is 0 Å². The predicted octanol–water partition coefficient (Wildman–Crippen LogP) is 13.8. The largest absolute Gasteiger partial charge is 0.462 e. The van der Waals surface area contributed by atoms with Crippen LogP contribution in [0.25, 0.3) is 0 Å². The molecule has 0 N–H and O–H groups in total. The molecule has 0 aliphatic heterocycles. The van der Waals surface area contributed by atoms with Crippen molar-refractivity contribution < 1.29 is 9.53 Å². The highest BCUT2D eigenvalue weighted by atomic mass is 16.5. The second kappa shape index (κ2) is 19.2. The topological polar surface area (TPSA) is 26.3 Å². The number of hydrogen-bond donors (Lipinski definition) is 0. The SMILES string of the molecule is CCCCCC=CCC=CCCCCCCCC(=O)O[C@H]1CC[C@@]2(C)C(=CC[C@@H]3[C@H]2CC[C@]2(C)[C@@H]([C@H](C)CCCC(C)C)CC[C@@H]32)C1. The summed E-state index contributed by atoms with van der Waals surface area (Å²) in [5.74, 6) is 5.30. The molecular formula is C45H76O2. The third-order valence-electron chi connectivity index (χ3n) is 13.9. The summed E-state index contributed by atoms with van der Waals surface area (Å²) in [6, 6.07) is 0. The van der Waals surface area contributed by atoms with Crippen LogP contribution in [0.2, 0.25) is 0 Å². The molecule has 2 nitrogen and oxygen atoms in total. The molecule has 0 amide bonds. The molecule has 4 aliphatic carbocycles. The molecular weight excluding hydrogens is 572 g/mol. The molecule has 4 aliphatic rings. The average Bonchev–Trinajstić information content (AvgIpc) is 3.40. The van der Waals surface area contributed by atoms with Gasteiger partial charge in [-0.25, -0.2) is 0 Å². The lowest BCUT2D eigenvalue weighted by Gasteiger charge is -2.58. The van der Waals surface area contributed by atoms with E-state index < -0.39 is 0 Å². The molecule has 0 aromatic carbocycles. The van der Waals surface area contributed by atoms with Crippen LogP contribution < -0.4 is 0 Å². The van der Waals surface area contributed by atoms with Crippen molar-refractivity contribution in [3.05, 3.63) is 36.0 Å². The summed E-state index contributed by atoms with van der Waals surface area (Å²) in [6.45, 7) is 14.9. The van der Waals surface area contributed by atoms with Crippen molar-refractivity contribution in [3.63, 3.8) is 0 Å². The van der Waals surface area contributed by atoms with Crippen molar-refractivity contribution >= 4 is 5.97 Å². The first kappa shape index (κ1) is 38.5. The molecule has 2 heteroatoms. The summed E-state index contributed by atoms with van der Waals surface area (Å²) in [5.41, 5.74) is 2.52. The van der Waals surface area contributed by atoms with Gasteiger partial charge >= 0.3 is 5.97 Å². The number of esters is 1. The Kier molecular flexibility index (Phi) is 15.7. The van der Waals surface area contributed by atoms with Gasteiger partial charge in [0.1, 0.15) is 6.10 Å². The molecule has 3 fully saturated rings. The highest BCUT2D eigenvalue weighted by molar-refractivity contribution is 5.69. The number of fused-ring (bicyclic) bond motifs is 5. The van der Waals surface area contributed by atoms with Crippen LogP contribution in [-0.2, 0) is 9.53 Å². The summed E-state index contributed by atoms with van der Waals surface area (Å²) in [7, 11) is 0. The Bertz CT molecular complexity index is 1020. The molecule has 3 saturated carbocycles. The highest BCUT2D eigenvalue weighted by Crippen LogP contribution is 2.67. The third kappa shape index (κ3) is 10.6. The van der Waals surface area contributed by atoms with E-state index in [2.05, 4.69) is 71.9 Å². The van der Waals surface area contributed by atoms with Gasteiger partial charge in [0.2, 0.25) is 0 Å². The van der Waals surface area contributed by atoms with Gasteiger partial charge in [-0.1, -0.05) is 129 Å². The molecule has 0 spiro atoms. The fraction of sp³-hybridized carbons (Fsp3) is 0.844. The zero-order valence-electron chi connectivity index (χ0n) is 32.0. The van der Waals surface area contributed by atoms with Gasteiger partial charge in [-0.15, -0.1) is 0 Å². The lowest BCUT2D eigenvalue weighted by Crippen LogP contribution is -2.51. The van der Waals surface area contributed by atoms with Gasteiger partial charge in [0.25, 0.3) is 0 Å². The molecule has 0 bridgehead atoms. The first-order valence-corrected chi connectivity index (χ1v) is 20.9. The molecule has 0 aromatic rings.